The third-order valence-corrected chi connectivity index (χ3v) is 3.50. The summed E-state index contributed by atoms with van der Waals surface area (Å²) in [4.78, 5) is 22.6. The van der Waals surface area contributed by atoms with E-state index in [9.17, 15) is 22.8 Å². The topological polar surface area (TPSA) is 52.6 Å². The number of halogens is 3. The molecule has 4 nitrogen and oxygen atoms in total. The molecule has 1 saturated carbocycles. The summed E-state index contributed by atoms with van der Waals surface area (Å²) < 4.78 is 46.1. The lowest BCUT2D eigenvalue weighted by atomic mass is 9.88. The van der Waals surface area contributed by atoms with Crippen LogP contribution in [0.25, 0.3) is 0 Å². The Hall–Kier alpha value is -1.53. The first-order chi connectivity index (χ1) is 10.2. The van der Waals surface area contributed by atoms with Gasteiger partial charge in [0.15, 0.2) is 0 Å². The first-order valence-corrected chi connectivity index (χ1v) is 7.26. The molecule has 0 N–H and O–H groups in total. The van der Waals surface area contributed by atoms with Gasteiger partial charge in [0.25, 0.3) is 0 Å². The highest BCUT2D eigenvalue weighted by atomic mass is 19.4. The quantitative estimate of drug-likeness (QED) is 0.554. The largest absolute Gasteiger partial charge is 0.462 e. The number of hydrogen-bond donors (Lipinski definition) is 0. The summed E-state index contributed by atoms with van der Waals surface area (Å²) in [5.74, 6) is -1.05. The van der Waals surface area contributed by atoms with Crippen molar-refractivity contribution in [2.45, 2.75) is 57.7 Å². The van der Waals surface area contributed by atoms with E-state index in [-0.39, 0.29) is 12.0 Å². The van der Waals surface area contributed by atoms with Crippen LogP contribution in [0.5, 0.6) is 0 Å². The first kappa shape index (κ1) is 18.5. The van der Waals surface area contributed by atoms with Crippen molar-refractivity contribution in [3.8, 4) is 0 Å². The van der Waals surface area contributed by atoms with Crippen molar-refractivity contribution in [3.63, 3.8) is 0 Å². The Kier molecular flexibility index (Phi) is 6.90. The SMILES string of the molecule is C=C(C)C(=O)OCC1CCC(OC(=O)CCC(F)(F)F)CC1. The number of alkyl halides is 3. The highest BCUT2D eigenvalue weighted by Crippen LogP contribution is 2.28. The smallest absolute Gasteiger partial charge is 0.389 e. The molecular formula is C15H21F3O4. The van der Waals surface area contributed by atoms with Crippen molar-refractivity contribution >= 4 is 11.9 Å². The number of carbonyl (C=O) groups is 2. The Morgan fingerprint density at radius 2 is 1.77 bits per heavy atom. The molecule has 22 heavy (non-hydrogen) atoms. The van der Waals surface area contributed by atoms with E-state index in [1.165, 1.54) is 0 Å². The molecule has 1 fully saturated rings. The predicted molar refractivity (Wildman–Crippen MR) is 72.9 cm³/mol. The van der Waals surface area contributed by atoms with Crippen LogP contribution in [-0.2, 0) is 19.1 Å². The first-order valence-electron chi connectivity index (χ1n) is 7.26. The second-order valence-corrected chi connectivity index (χ2v) is 5.63. The monoisotopic (exact) mass is 322 g/mol. The van der Waals surface area contributed by atoms with E-state index >= 15 is 0 Å². The zero-order chi connectivity index (χ0) is 16.8. The molecule has 0 radical (unpaired) electrons. The van der Waals surface area contributed by atoms with Gasteiger partial charge in [-0.15, -0.1) is 0 Å². The van der Waals surface area contributed by atoms with Crippen LogP contribution in [-0.4, -0.2) is 30.8 Å². The molecule has 0 heterocycles. The van der Waals surface area contributed by atoms with E-state index in [0.717, 1.165) is 0 Å². The molecule has 1 rings (SSSR count). The van der Waals surface area contributed by atoms with Crippen molar-refractivity contribution in [2.24, 2.45) is 5.92 Å². The molecule has 0 aromatic carbocycles. The van der Waals surface area contributed by atoms with Gasteiger partial charge in [-0.3, -0.25) is 4.79 Å². The van der Waals surface area contributed by atoms with E-state index in [2.05, 4.69) is 6.58 Å². The molecule has 1 aliphatic carbocycles. The van der Waals surface area contributed by atoms with Crippen LogP contribution in [0.3, 0.4) is 0 Å². The maximum absolute atomic E-state index is 12.0. The molecule has 0 spiro atoms. The van der Waals surface area contributed by atoms with Crippen LogP contribution in [0.15, 0.2) is 12.2 Å². The summed E-state index contributed by atoms with van der Waals surface area (Å²) >= 11 is 0. The molecule has 0 amide bonds. The molecule has 0 unspecified atom stereocenters. The van der Waals surface area contributed by atoms with Crippen molar-refractivity contribution in [1.29, 1.82) is 0 Å². The van der Waals surface area contributed by atoms with Crippen LogP contribution in [0, 0.1) is 5.92 Å². The van der Waals surface area contributed by atoms with E-state index in [1.807, 2.05) is 0 Å². The maximum Gasteiger partial charge on any atom is 0.389 e. The number of rotatable bonds is 6. The lowest BCUT2D eigenvalue weighted by Crippen LogP contribution is -2.27. The van der Waals surface area contributed by atoms with Gasteiger partial charge in [-0.05, 0) is 38.5 Å². The lowest BCUT2D eigenvalue weighted by molar-refractivity contribution is -0.162. The van der Waals surface area contributed by atoms with Gasteiger partial charge in [0, 0.05) is 5.57 Å². The van der Waals surface area contributed by atoms with Gasteiger partial charge in [-0.25, -0.2) is 4.79 Å². The third-order valence-electron chi connectivity index (χ3n) is 3.50. The van der Waals surface area contributed by atoms with Crippen molar-refractivity contribution in [3.05, 3.63) is 12.2 Å². The van der Waals surface area contributed by atoms with Crippen LogP contribution in [0.1, 0.15) is 45.4 Å². The number of esters is 2. The highest BCUT2D eigenvalue weighted by Gasteiger charge is 2.30. The Morgan fingerprint density at radius 1 is 1.18 bits per heavy atom. The fourth-order valence-electron chi connectivity index (χ4n) is 2.22. The fourth-order valence-corrected chi connectivity index (χ4v) is 2.22. The number of carbonyl (C=O) groups excluding carboxylic acids is 2. The second-order valence-electron chi connectivity index (χ2n) is 5.63. The molecule has 0 atom stereocenters. The van der Waals surface area contributed by atoms with Crippen molar-refractivity contribution in [2.75, 3.05) is 6.61 Å². The molecule has 0 saturated heterocycles. The molecule has 7 heteroatoms. The van der Waals surface area contributed by atoms with Gasteiger partial charge in [0.2, 0.25) is 0 Å². The molecule has 0 aliphatic heterocycles. The van der Waals surface area contributed by atoms with Gasteiger partial charge in [0.1, 0.15) is 6.10 Å². The summed E-state index contributed by atoms with van der Waals surface area (Å²) in [6.45, 7) is 5.35. The minimum Gasteiger partial charge on any atom is -0.462 e. The van der Waals surface area contributed by atoms with Crippen LogP contribution in [0.2, 0.25) is 0 Å². The van der Waals surface area contributed by atoms with Gasteiger partial charge in [0.05, 0.1) is 19.4 Å². The normalized spacial score (nSPS) is 22.0. The molecule has 0 aromatic heterocycles. The van der Waals surface area contributed by atoms with Crippen LogP contribution in [0.4, 0.5) is 13.2 Å². The van der Waals surface area contributed by atoms with Gasteiger partial charge in [-0.2, -0.15) is 13.2 Å². The summed E-state index contributed by atoms with van der Waals surface area (Å²) in [6.07, 6.45) is -3.91. The maximum atomic E-state index is 12.0. The molecule has 0 bridgehead atoms. The van der Waals surface area contributed by atoms with Crippen molar-refractivity contribution < 1.29 is 32.2 Å². The van der Waals surface area contributed by atoms with Gasteiger partial charge in [-0.1, -0.05) is 6.58 Å². The lowest BCUT2D eigenvalue weighted by Gasteiger charge is -2.28. The van der Waals surface area contributed by atoms with Gasteiger partial charge >= 0.3 is 18.1 Å². The molecular weight excluding hydrogens is 301 g/mol. The van der Waals surface area contributed by atoms with Crippen LogP contribution < -0.4 is 0 Å². The second kappa shape index (κ2) is 8.19. The minimum absolute atomic E-state index is 0.188. The Labute approximate surface area is 127 Å². The Morgan fingerprint density at radius 3 is 2.27 bits per heavy atom. The zero-order valence-corrected chi connectivity index (χ0v) is 12.6. The summed E-state index contributed by atoms with van der Waals surface area (Å²) in [7, 11) is 0. The number of hydrogen-bond acceptors (Lipinski definition) is 4. The summed E-state index contributed by atoms with van der Waals surface area (Å²) in [6, 6.07) is 0. The van der Waals surface area contributed by atoms with Crippen LogP contribution >= 0.6 is 0 Å². The van der Waals surface area contributed by atoms with E-state index in [1.54, 1.807) is 6.92 Å². The average molecular weight is 322 g/mol. The number of ether oxygens (including phenoxy) is 2. The molecule has 0 aromatic rings. The molecule has 126 valence electrons. The highest BCUT2D eigenvalue weighted by molar-refractivity contribution is 5.86. The zero-order valence-electron chi connectivity index (χ0n) is 12.6. The minimum atomic E-state index is -4.34. The van der Waals surface area contributed by atoms with Crippen molar-refractivity contribution in [1.82, 2.24) is 0 Å². The summed E-state index contributed by atoms with van der Waals surface area (Å²) in [5.41, 5.74) is 0.340. The average Bonchev–Trinajstić information content (AvgIpc) is 2.43. The van der Waals surface area contributed by atoms with Gasteiger partial charge < -0.3 is 9.47 Å². The standard InChI is InChI=1S/C15H21F3O4/c1-10(2)14(20)21-9-11-3-5-12(6-4-11)22-13(19)7-8-15(16,17)18/h11-12H,1,3-9H2,2H3. The fraction of sp³-hybridized carbons (Fsp3) is 0.733. The van der Waals surface area contributed by atoms with E-state index in [4.69, 9.17) is 9.47 Å². The summed E-state index contributed by atoms with van der Waals surface area (Å²) in [5, 5.41) is 0. The van der Waals surface area contributed by atoms with E-state index in [0.29, 0.717) is 37.9 Å². The Bertz CT molecular complexity index is 410. The third kappa shape index (κ3) is 7.47. The molecule has 1 aliphatic rings. The predicted octanol–water partition coefficient (Wildman–Crippen LogP) is 3.55. The Balaban J connectivity index is 2.21. The van der Waals surface area contributed by atoms with E-state index < -0.39 is 31.0 Å².